The average molecular weight is 1010 g/mol. The summed E-state index contributed by atoms with van der Waals surface area (Å²) in [5.41, 5.74) is 0. The summed E-state index contributed by atoms with van der Waals surface area (Å²) in [7, 11) is 5.94. The van der Waals surface area contributed by atoms with E-state index < -0.39 is 24.3 Å². The maximum Gasteiger partial charge on any atom is 0.306 e. The quantitative estimate of drug-likeness (QED) is 0.0256. The maximum absolute atomic E-state index is 12.9. The standard InChI is InChI=1S/C62H121NO8/c1-6-8-10-12-14-16-18-20-22-24-26-27-28-29-30-31-32-33-34-35-37-39-41-43-45-47-49-51-53-60(65)71-58(57-70-62(61(66)67)68-55-54-63(3,4)5)56-69-59(64)52-50-48-46-44-42-40-38-36-25-23-21-19-17-15-13-11-9-7-2/h58,62H,6-57H2,1-5H3. The van der Waals surface area contributed by atoms with Gasteiger partial charge in [0.1, 0.15) is 13.2 Å². The number of carbonyl (C=O) groups is 3. The van der Waals surface area contributed by atoms with Gasteiger partial charge in [-0.1, -0.05) is 296 Å². The Morgan fingerprint density at radius 2 is 0.634 bits per heavy atom. The second-order valence-electron chi connectivity index (χ2n) is 22.7. The molecular weight excluding hydrogens is 887 g/mol. The highest BCUT2D eigenvalue weighted by Gasteiger charge is 2.22. The number of carboxylic acids is 1. The Hall–Kier alpha value is -1.71. The lowest BCUT2D eigenvalue weighted by molar-refractivity contribution is -0.870. The summed E-state index contributed by atoms with van der Waals surface area (Å²) in [6.45, 7) is 4.83. The number of likely N-dealkylation sites (N-methyl/N-ethyl adjacent to an activating group) is 1. The van der Waals surface area contributed by atoms with Crippen LogP contribution < -0.4 is 5.11 Å². The molecule has 71 heavy (non-hydrogen) atoms. The van der Waals surface area contributed by atoms with Gasteiger partial charge < -0.3 is 33.3 Å². The van der Waals surface area contributed by atoms with E-state index in [9.17, 15) is 19.5 Å². The molecule has 2 atom stereocenters. The van der Waals surface area contributed by atoms with Gasteiger partial charge in [0, 0.05) is 12.8 Å². The minimum Gasteiger partial charge on any atom is -0.545 e. The summed E-state index contributed by atoms with van der Waals surface area (Å²) in [6, 6.07) is 0. The summed E-state index contributed by atoms with van der Waals surface area (Å²) in [5.74, 6) is -2.25. The minimum absolute atomic E-state index is 0.153. The number of esters is 2. The number of rotatable bonds is 59. The molecule has 422 valence electrons. The molecule has 0 aliphatic rings. The van der Waals surface area contributed by atoms with E-state index >= 15 is 0 Å². The number of ether oxygens (including phenoxy) is 4. The van der Waals surface area contributed by atoms with Crippen LogP contribution in [0.15, 0.2) is 0 Å². The van der Waals surface area contributed by atoms with Crippen LogP contribution in [0.5, 0.6) is 0 Å². The molecule has 0 amide bonds. The molecule has 0 fully saturated rings. The smallest absolute Gasteiger partial charge is 0.306 e. The molecule has 0 bridgehead atoms. The lowest BCUT2D eigenvalue weighted by atomic mass is 10.0. The van der Waals surface area contributed by atoms with Crippen molar-refractivity contribution in [2.45, 2.75) is 334 Å². The monoisotopic (exact) mass is 1010 g/mol. The first-order chi connectivity index (χ1) is 34.6. The fourth-order valence-corrected chi connectivity index (χ4v) is 9.54. The molecule has 0 N–H and O–H groups in total. The highest BCUT2D eigenvalue weighted by molar-refractivity contribution is 5.70. The molecule has 9 nitrogen and oxygen atoms in total. The molecule has 0 aromatic carbocycles. The van der Waals surface area contributed by atoms with Gasteiger partial charge in [-0.2, -0.15) is 0 Å². The molecule has 0 spiro atoms. The third-order valence-electron chi connectivity index (χ3n) is 14.4. The first kappa shape index (κ1) is 69.3. The van der Waals surface area contributed by atoms with E-state index in [-0.39, 0.29) is 32.2 Å². The number of hydrogen-bond acceptors (Lipinski definition) is 8. The van der Waals surface area contributed by atoms with E-state index in [1.54, 1.807) is 0 Å². The van der Waals surface area contributed by atoms with Gasteiger partial charge in [-0.25, -0.2) is 0 Å². The number of aliphatic carboxylic acids is 1. The SMILES string of the molecule is CCCCCCCCCCCCCCCCCCCCCCCCCCCCCCC(=O)OC(COC(=O)CCCCCCCCCCCCCCCCCCCC)COC(OCC[N+](C)(C)C)C(=O)[O-]. The molecule has 0 saturated heterocycles. The number of carbonyl (C=O) groups excluding carboxylic acids is 3. The second-order valence-corrected chi connectivity index (χ2v) is 22.7. The Morgan fingerprint density at radius 1 is 0.366 bits per heavy atom. The normalized spacial score (nSPS) is 12.6. The van der Waals surface area contributed by atoms with Crippen LogP contribution in [0, 0.1) is 0 Å². The predicted octanol–water partition coefficient (Wildman–Crippen LogP) is 17.0. The van der Waals surface area contributed by atoms with Gasteiger partial charge in [-0.15, -0.1) is 0 Å². The van der Waals surface area contributed by atoms with Crippen molar-refractivity contribution in [3.63, 3.8) is 0 Å². The van der Waals surface area contributed by atoms with E-state index in [1.165, 1.54) is 257 Å². The van der Waals surface area contributed by atoms with Gasteiger partial charge in [-0.3, -0.25) is 9.59 Å². The summed E-state index contributed by atoms with van der Waals surface area (Å²) in [6.07, 6.45) is 58.8. The maximum atomic E-state index is 12.9. The van der Waals surface area contributed by atoms with Crippen LogP contribution in [-0.2, 0) is 33.3 Å². The molecule has 9 heteroatoms. The van der Waals surface area contributed by atoms with Crippen LogP contribution >= 0.6 is 0 Å². The number of nitrogens with zero attached hydrogens (tertiary/aromatic N) is 1. The van der Waals surface area contributed by atoms with Crippen molar-refractivity contribution in [1.82, 2.24) is 0 Å². The molecule has 0 heterocycles. The van der Waals surface area contributed by atoms with Crippen molar-refractivity contribution in [3.05, 3.63) is 0 Å². The molecule has 0 saturated carbocycles. The van der Waals surface area contributed by atoms with E-state index in [1.807, 2.05) is 21.1 Å². The first-order valence-corrected chi connectivity index (χ1v) is 31.2. The Morgan fingerprint density at radius 3 is 0.901 bits per heavy atom. The summed E-state index contributed by atoms with van der Waals surface area (Å²) < 4.78 is 22.8. The number of carboxylic acid groups (broad SMARTS) is 1. The van der Waals surface area contributed by atoms with Crippen LogP contribution in [0.1, 0.15) is 322 Å². The van der Waals surface area contributed by atoms with E-state index in [0.717, 1.165) is 38.5 Å². The highest BCUT2D eigenvalue weighted by Crippen LogP contribution is 2.18. The summed E-state index contributed by atoms with van der Waals surface area (Å²) >= 11 is 0. The summed E-state index contributed by atoms with van der Waals surface area (Å²) in [5, 5.41) is 11.8. The van der Waals surface area contributed by atoms with Crippen LogP contribution in [0.4, 0.5) is 0 Å². The van der Waals surface area contributed by atoms with Crippen LogP contribution in [0.3, 0.4) is 0 Å². The van der Waals surface area contributed by atoms with Crippen LogP contribution in [0.25, 0.3) is 0 Å². The molecule has 0 aromatic rings. The van der Waals surface area contributed by atoms with E-state index in [4.69, 9.17) is 18.9 Å². The van der Waals surface area contributed by atoms with E-state index in [0.29, 0.717) is 17.4 Å². The Kier molecular flexibility index (Phi) is 53.2. The fourth-order valence-electron chi connectivity index (χ4n) is 9.54. The number of hydrogen-bond donors (Lipinski definition) is 0. The van der Waals surface area contributed by atoms with Crippen LogP contribution in [-0.4, -0.2) is 82.3 Å². The van der Waals surface area contributed by atoms with Crippen molar-refractivity contribution >= 4 is 17.9 Å². The Bertz CT molecular complexity index is 1130. The Labute approximate surface area is 441 Å². The molecule has 0 rings (SSSR count). The van der Waals surface area contributed by atoms with Gasteiger partial charge in [0.2, 0.25) is 0 Å². The summed E-state index contributed by atoms with van der Waals surface area (Å²) in [4.78, 5) is 37.3. The topological polar surface area (TPSA) is 111 Å². The zero-order valence-electron chi connectivity index (χ0n) is 48.1. The first-order valence-electron chi connectivity index (χ1n) is 31.2. The van der Waals surface area contributed by atoms with Crippen molar-refractivity contribution < 1.29 is 42.9 Å². The van der Waals surface area contributed by atoms with Gasteiger partial charge in [0.05, 0.1) is 40.3 Å². The minimum atomic E-state index is -1.61. The molecule has 0 aliphatic heterocycles. The van der Waals surface area contributed by atoms with Crippen molar-refractivity contribution in [3.8, 4) is 0 Å². The van der Waals surface area contributed by atoms with Crippen molar-refractivity contribution in [2.24, 2.45) is 0 Å². The third kappa shape index (κ3) is 55.9. The van der Waals surface area contributed by atoms with Crippen LogP contribution in [0.2, 0.25) is 0 Å². The molecule has 2 unspecified atom stereocenters. The number of quaternary nitrogens is 1. The van der Waals surface area contributed by atoms with Gasteiger partial charge in [0.25, 0.3) is 0 Å². The van der Waals surface area contributed by atoms with Gasteiger partial charge in [-0.05, 0) is 12.8 Å². The zero-order chi connectivity index (χ0) is 52.0. The highest BCUT2D eigenvalue weighted by atomic mass is 16.7. The molecular formula is C62H121NO8. The average Bonchev–Trinajstić information content (AvgIpc) is 3.34. The zero-order valence-corrected chi connectivity index (χ0v) is 48.1. The second kappa shape index (κ2) is 54.5. The molecule has 0 aliphatic carbocycles. The third-order valence-corrected chi connectivity index (χ3v) is 14.4. The van der Waals surface area contributed by atoms with Crippen molar-refractivity contribution in [1.29, 1.82) is 0 Å². The van der Waals surface area contributed by atoms with Gasteiger partial charge >= 0.3 is 11.9 Å². The van der Waals surface area contributed by atoms with E-state index in [2.05, 4.69) is 13.8 Å². The lowest BCUT2D eigenvalue weighted by Crippen LogP contribution is -2.44. The largest absolute Gasteiger partial charge is 0.545 e. The fraction of sp³-hybridized carbons (Fsp3) is 0.952. The number of unbranched alkanes of at least 4 members (excludes halogenated alkanes) is 44. The molecule has 0 radical (unpaired) electrons. The molecule has 0 aromatic heterocycles. The van der Waals surface area contributed by atoms with Gasteiger partial charge in [0.15, 0.2) is 12.4 Å². The Balaban J connectivity index is 4.10. The van der Waals surface area contributed by atoms with Crippen molar-refractivity contribution in [2.75, 3.05) is 47.5 Å². The predicted molar refractivity (Wildman–Crippen MR) is 297 cm³/mol. The lowest BCUT2D eigenvalue weighted by Gasteiger charge is -2.26.